The van der Waals surface area contributed by atoms with Gasteiger partial charge in [-0.05, 0) is 49.6 Å². The third-order valence-electron chi connectivity index (χ3n) is 4.83. The van der Waals surface area contributed by atoms with Gasteiger partial charge in [0.05, 0.1) is 24.1 Å². The summed E-state index contributed by atoms with van der Waals surface area (Å²) in [7, 11) is 0. The van der Waals surface area contributed by atoms with E-state index < -0.39 is 5.97 Å². The van der Waals surface area contributed by atoms with Crippen LogP contribution in [0.2, 0.25) is 5.02 Å². The van der Waals surface area contributed by atoms with Crippen LogP contribution in [0.1, 0.15) is 38.2 Å². The molecule has 1 aliphatic heterocycles. The number of benzene rings is 1. The van der Waals surface area contributed by atoms with Gasteiger partial charge in [0.1, 0.15) is 5.03 Å². The van der Waals surface area contributed by atoms with E-state index in [1.54, 1.807) is 25.1 Å². The maximum absolute atomic E-state index is 12.7. The van der Waals surface area contributed by atoms with Crippen molar-refractivity contribution in [1.82, 2.24) is 0 Å². The first-order chi connectivity index (χ1) is 12.4. The summed E-state index contributed by atoms with van der Waals surface area (Å²) in [5, 5.41) is 0.228. The highest BCUT2D eigenvalue weighted by Gasteiger charge is 2.48. The number of hydrogen-bond donors (Lipinski definition) is 0. The second-order valence-electron chi connectivity index (χ2n) is 6.43. The molecule has 0 N–H and O–H groups in total. The van der Waals surface area contributed by atoms with Gasteiger partial charge in [0.2, 0.25) is 11.8 Å². The minimum absolute atomic E-state index is 0.126. The molecule has 5 nitrogen and oxygen atoms in total. The van der Waals surface area contributed by atoms with E-state index in [-0.39, 0.29) is 35.3 Å². The molecule has 1 aliphatic carbocycles. The summed E-state index contributed by atoms with van der Waals surface area (Å²) in [5.74, 6) is -1.43. The number of amides is 2. The van der Waals surface area contributed by atoms with Crippen molar-refractivity contribution < 1.29 is 19.1 Å². The number of halogens is 2. The molecule has 1 saturated carbocycles. The summed E-state index contributed by atoms with van der Waals surface area (Å²) in [5.41, 5.74) is 0.885. The van der Waals surface area contributed by atoms with Crippen molar-refractivity contribution in [2.45, 2.75) is 32.6 Å². The predicted molar refractivity (Wildman–Crippen MR) is 99.9 cm³/mol. The molecule has 138 valence electrons. The van der Waals surface area contributed by atoms with E-state index in [4.69, 9.17) is 27.9 Å². The van der Waals surface area contributed by atoms with Crippen molar-refractivity contribution in [3.63, 3.8) is 0 Å². The van der Waals surface area contributed by atoms with Gasteiger partial charge in [-0.1, -0.05) is 36.0 Å². The highest BCUT2D eigenvalue weighted by atomic mass is 35.5. The van der Waals surface area contributed by atoms with E-state index in [0.717, 1.165) is 25.7 Å². The Kier molecular flexibility index (Phi) is 5.68. The average Bonchev–Trinajstić information content (AvgIpc) is 2.88. The van der Waals surface area contributed by atoms with Gasteiger partial charge >= 0.3 is 5.97 Å². The van der Waals surface area contributed by atoms with Crippen molar-refractivity contribution in [3.8, 4) is 0 Å². The molecule has 26 heavy (non-hydrogen) atoms. The summed E-state index contributed by atoms with van der Waals surface area (Å²) in [6.45, 7) is 1.88. The third kappa shape index (κ3) is 3.51. The maximum atomic E-state index is 12.7. The van der Waals surface area contributed by atoms with Crippen molar-refractivity contribution in [3.05, 3.63) is 33.8 Å². The lowest BCUT2D eigenvalue weighted by Gasteiger charge is -2.19. The standard InChI is InChI=1S/C19H19Cl2NO4/c1-2-26-19(25)16(21)10-11-9-12(7-8-15(11)20)22-17(23)13-5-3-4-6-14(13)18(22)24/h7-10,13-14H,2-6H2,1H3. The topological polar surface area (TPSA) is 63.7 Å². The molecule has 2 atom stereocenters. The smallest absolute Gasteiger partial charge is 0.349 e. The molecule has 2 aliphatic rings. The predicted octanol–water partition coefficient (Wildman–Crippen LogP) is 4.16. The SMILES string of the molecule is CCOC(=O)C(Cl)=Cc1cc(N2C(=O)C3CCCCC3C2=O)ccc1Cl. The summed E-state index contributed by atoms with van der Waals surface area (Å²) in [4.78, 5) is 38.4. The van der Waals surface area contributed by atoms with Crippen LogP contribution < -0.4 is 4.90 Å². The second-order valence-corrected chi connectivity index (χ2v) is 7.24. The number of hydrogen-bond acceptors (Lipinski definition) is 4. The fraction of sp³-hybridized carbons (Fsp3) is 0.421. The van der Waals surface area contributed by atoms with Crippen molar-refractivity contribution >= 4 is 52.7 Å². The van der Waals surface area contributed by atoms with Gasteiger partial charge in [0.25, 0.3) is 0 Å². The molecule has 2 unspecified atom stereocenters. The van der Waals surface area contributed by atoms with Crippen LogP contribution in [-0.2, 0) is 19.1 Å². The summed E-state index contributed by atoms with van der Waals surface area (Å²) >= 11 is 12.1. The number of fused-ring (bicyclic) bond motifs is 1. The first kappa shape index (κ1) is 18.9. The zero-order valence-corrected chi connectivity index (χ0v) is 15.8. The van der Waals surface area contributed by atoms with Crippen LogP contribution in [-0.4, -0.2) is 24.4 Å². The number of nitrogens with zero attached hydrogens (tertiary/aromatic N) is 1. The van der Waals surface area contributed by atoms with E-state index >= 15 is 0 Å². The zero-order valence-electron chi connectivity index (χ0n) is 14.3. The van der Waals surface area contributed by atoms with E-state index in [1.165, 1.54) is 11.0 Å². The Bertz CT molecular complexity index is 766. The molecule has 2 fully saturated rings. The van der Waals surface area contributed by atoms with Gasteiger partial charge in [-0.2, -0.15) is 0 Å². The fourth-order valence-corrected chi connectivity index (χ4v) is 3.94. The summed E-state index contributed by atoms with van der Waals surface area (Å²) in [6.07, 6.45) is 4.82. The first-order valence-electron chi connectivity index (χ1n) is 8.65. The van der Waals surface area contributed by atoms with E-state index in [1.807, 2.05) is 0 Å². The number of carbonyl (C=O) groups excluding carboxylic acids is 3. The van der Waals surface area contributed by atoms with Gasteiger partial charge in [0, 0.05) is 5.02 Å². The highest BCUT2D eigenvalue weighted by molar-refractivity contribution is 6.43. The van der Waals surface area contributed by atoms with Crippen molar-refractivity contribution in [1.29, 1.82) is 0 Å². The highest BCUT2D eigenvalue weighted by Crippen LogP contribution is 2.40. The van der Waals surface area contributed by atoms with Crippen LogP contribution >= 0.6 is 23.2 Å². The minimum atomic E-state index is -0.657. The number of carbonyl (C=O) groups is 3. The van der Waals surface area contributed by atoms with E-state index in [2.05, 4.69) is 0 Å². The number of ether oxygens (including phenoxy) is 1. The van der Waals surface area contributed by atoms with Crippen molar-refractivity contribution in [2.75, 3.05) is 11.5 Å². The Morgan fingerprint density at radius 3 is 2.42 bits per heavy atom. The normalized spacial score (nSPS) is 23.2. The molecule has 3 rings (SSSR count). The molecule has 1 aromatic carbocycles. The monoisotopic (exact) mass is 395 g/mol. The van der Waals surface area contributed by atoms with Gasteiger partial charge in [-0.15, -0.1) is 0 Å². The van der Waals surface area contributed by atoms with Crippen LogP contribution in [0.3, 0.4) is 0 Å². The Morgan fingerprint density at radius 2 is 1.85 bits per heavy atom. The van der Waals surface area contributed by atoms with Gasteiger partial charge in [-0.3, -0.25) is 14.5 Å². The van der Waals surface area contributed by atoms with Crippen LogP contribution in [0.25, 0.3) is 6.08 Å². The second kappa shape index (κ2) is 7.80. The van der Waals surface area contributed by atoms with Gasteiger partial charge in [-0.25, -0.2) is 4.79 Å². The Balaban J connectivity index is 1.92. The largest absolute Gasteiger partial charge is 0.462 e. The Morgan fingerprint density at radius 1 is 1.23 bits per heavy atom. The summed E-state index contributed by atoms with van der Waals surface area (Å²) in [6, 6.07) is 4.81. The van der Waals surface area contributed by atoms with E-state index in [0.29, 0.717) is 16.3 Å². The molecule has 2 amide bonds. The van der Waals surface area contributed by atoms with Crippen LogP contribution in [0.4, 0.5) is 5.69 Å². The molecule has 1 saturated heterocycles. The third-order valence-corrected chi connectivity index (χ3v) is 5.44. The fourth-order valence-electron chi connectivity index (χ4n) is 3.59. The van der Waals surface area contributed by atoms with E-state index in [9.17, 15) is 14.4 Å². The minimum Gasteiger partial charge on any atom is -0.462 e. The van der Waals surface area contributed by atoms with Crippen molar-refractivity contribution in [2.24, 2.45) is 11.8 Å². The molecular weight excluding hydrogens is 377 g/mol. The molecule has 0 aromatic heterocycles. The molecule has 0 spiro atoms. The molecule has 7 heteroatoms. The Hall–Kier alpha value is -1.85. The molecule has 0 bridgehead atoms. The number of anilines is 1. The molecule has 1 heterocycles. The first-order valence-corrected chi connectivity index (χ1v) is 9.41. The number of esters is 1. The lowest BCUT2D eigenvalue weighted by Crippen LogP contribution is -2.30. The van der Waals surface area contributed by atoms with Crippen LogP contribution in [0, 0.1) is 11.8 Å². The molecular formula is C19H19Cl2NO4. The maximum Gasteiger partial charge on any atom is 0.349 e. The summed E-state index contributed by atoms with van der Waals surface area (Å²) < 4.78 is 4.84. The van der Waals surface area contributed by atoms with Crippen LogP contribution in [0.5, 0.6) is 0 Å². The number of imide groups is 1. The van der Waals surface area contributed by atoms with Crippen LogP contribution in [0.15, 0.2) is 23.2 Å². The lowest BCUT2D eigenvalue weighted by molar-refractivity contribution is -0.137. The van der Waals surface area contributed by atoms with Gasteiger partial charge in [0.15, 0.2) is 0 Å². The Labute approximate surface area is 161 Å². The molecule has 0 radical (unpaired) electrons. The van der Waals surface area contributed by atoms with Gasteiger partial charge < -0.3 is 4.74 Å². The average molecular weight is 396 g/mol. The molecule has 1 aromatic rings. The number of rotatable bonds is 4. The lowest BCUT2D eigenvalue weighted by atomic mass is 9.81. The quantitative estimate of drug-likeness (QED) is 0.436. The zero-order chi connectivity index (χ0) is 18.8.